The monoisotopic (exact) mass is 268 g/mol. The number of carbonyl (C=O) groups excluding carboxylic acids is 1. The van der Waals surface area contributed by atoms with Crippen molar-refractivity contribution in [1.82, 2.24) is 15.3 Å². The fourth-order valence-electron chi connectivity index (χ4n) is 2.01. The largest absolute Gasteiger partial charge is 0.480 e. The summed E-state index contributed by atoms with van der Waals surface area (Å²) in [5.41, 5.74) is 6.44. The second-order valence-corrected chi connectivity index (χ2v) is 4.42. The zero-order chi connectivity index (χ0) is 13.8. The number of nitrogens with two attached hydrogens (primary N) is 1. The third kappa shape index (κ3) is 3.30. The average Bonchev–Trinajstić information content (AvgIpc) is 2.99. The van der Waals surface area contributed by atoms with Crippen LogP contribution < -0.4 is 11.1 Å². The van der Waals surface area contributed by atoms with E-state index in [1.54, 1.807) is 6.20 Å². The molecule has 1 fully saturated rings. The van der Waals surface area contributed by atoms with Gasteiger partial charge in [-0.15, -0.1) is 0 Å². The van der Waals surface area contributed by atoms with Crippen LogP contribution in [0.3, 0.4) is 0 Å². The van der Waals surface area contributed by atoms with E-state index in [2.05, 4.69) is 15.3 Å². The maximum Gasteiger partial charge on any atom is 0.324 e. The second-order valence-electron chi connectivity index (χ2n) is 4.42. The Labute approximate surface area is 109 Å². The molecule has 0 bridgehead atoms. The Hall–Kier alpha value is -1.93. The fourth-order valence-corrected chi connectivity index (χ4v) is 2.01. The molecule has 0 radical (unpaired) electrons. The third-order valence-corrected chi connectivity index (χ3v) is 3.00. The lowest BCUT2D eigenvalue weighted by atomic mass is 10.1. The molecule has 2 rings (SSSR count). The molecular formula is C11H16N4O4. The number of aliphatic carboxylic acids is 1. The van der Waals surface area contributed by atoms with Gasteiger partial charge in [0.15, 0.2) is 0 Å². The van der Waals surface area contributed by atoms with E-state index in [9.17, 15) is 9.59 Å². The molecule has 8 heteroatoms. The Bertz CT molecular complexity index is 448. The Morgan fingerprint density at radius 1 is 1.63 bits per heavy atom. The molecule has 1 aromatic rings. The highest BCUT2D eigenvalue weighted by Crippen LogP contribution is 2.13. The molecule has 0 amide bonds. The Kier molecular flexibility index (Phi) is 4.13. The molecular weight excluding hydrogens is 252 g/mol. The first-order chi connectivity index (χ1) is 9.08. The molecule has 1 aliphatic heterocycles. The smallest absolute Gasteiger partial charge is 0.324 e. The van der Waals surface area contributed by atoms with Gasteiger partial charge in [-0.25, -0.2) is 4.98 Å². The second kappa shape index (κ2) is 5.81. The highest BCUT2D eigenvalue weighted by molar-refractivity contribution is 5.78. The number of aromatic nitrogens is 2. The van der Waals surface area contributed by atoms with E-state index in [1.165, 1.54) is 6.33 Å². The van der Waals surface area contributed by atoms with E-state index in [-0.39, 0.29) is 6.42 Å². The minimum atomic E-state index is -1.03. The fraction of sp³-hybridized carbons (Fsp3) is 0.545. The van der Waals surface area contributed by atoms with Crippen LogP contribution >= 0.6 is 0 Å². The molecule has 0 saturated carbocycles. The lowest BCUT2D eigenvalue weighted by molar-refractivity contribution is -0.154. The number of imidazole rings is 1. The molecule has 0 aliphatic carbocycles. The number of H-pyrrole nitrogens is 1. The predicted molar refractivity (Wildman–Crippen MR) is 64.2 cm³/mol. The van der Waals surface area contributed by atoms with Gasteiger partial charge in [0.05, 0.1) is 6.33 Å². The van der Waals surface area contributed by atoms with Crippen LogP contribution in [0, 0.1) is 0 Å². The van der Waals surface area contributed by atoms with Crippen molar-refractivity contribution >= 4 is 11.9 Å². The van der Waals surface area contributed by atoms with Gasteiger partial charge in [-0.05, 0) is 13.0 Å². The summed E-state index contributed by atoms with van der Waals surface area (Å²) in [6.07, 6.45) is 3.15. The molecule has 1 aliphatic rings. The van der Waals surface area contributed by atoms with Crippen LogP contribution in [0.4, 0.5) is 0 Å². The van der Waals surface area contributed by atoms with Crippen molar-refractivity contribution in [1.29, 1.82) is 0 Å². The van der Waals surface area contributed by atoms with Crippen molar-refractivity contribution in [3.63, 3.8) is 0 Å². The van der Waals surface area contributed by atoms with Crippen molar-refractivity contribution in [2.75, 3.05) is 6.54 Å². The maximum absolute atomic E-state index is 11.8. The van der Waals surface area contributed by atoms with Gasteiger partial charge in [0.1, 0.15) is 18.2 Å². The Balaban J connectivity index is 1.88. The van der Waals surface area contributed by atoms with Crippen LogP contribution in [0.2, 0.25) is 0 Å². The lowest BCUT2D eigenvalue weighted by Crippen LogP contribution is -2.44. The van der Waals surface area contributed by atoms with Crippen LogP contribution in [0.15, 0.2) is 12.5 Å². The minimum absolute atomic E-state index is 0.275. The zero-order valence-corrected chi connectivity index (χ0v) is 10.2. The first-order valence-corrected chi connectivity index (χ1v) is 5.97. The van der Waals surface area contributed by atoms with E-state index < -0.39 is 30.1 Å². The first kappa shape index (κ1) is 13.5. The van der Waals surface area contributed by atoms with E-state index in [4.69, 9.17) is 15.6 Å². The zero-order valence-electron chi connectivity index (χ0n) is 10.2. The lowest BCUT2D eigenvalue weighted by Gasteiger charge is -2.18. The quantitative estimate of drug-likeness (QED) is 0.485. The highest BCUT2D eigenvalue weighted by Gasteiger charge is 2.36. The number of nitrogens with one attached hydrogen (secondary N) is 2. The van der Waals surface area contributed by atoms with Crippen molar-refractivity contribution in [2.45, 2.75) is 31.0 Å². The Morgan fingerprint density at radius 3 is 3.05 bits per heavy atom. The van der Waals surface area contributed by atoms with E-state index in [1.807, 2.05) is 0 Å². The third-order valence-electron chi connectivity index (χ3n) is 3.00. The number of aromatic amines is 1. The average molecular weight is 268 g/mol. The number of carboxylic acid groups (broad SMARTS) is 1. The summed E-state index contributed by atoms with van der Waals surface area (Å²) in [7, 11) is 0. The minimum Gasteiger partial charge on any atom is -0.480 e. The van der Waals surface area contributed by atoms with Crippen molar-refractivity contribution in [3.8, 4) is 0 Å². The summed E-state index contributed by atoms with van der Waals surface area (Å²) in [6.45, 7) is 0.505. The van der Waals surface area contributed by atoms with Gasteiger partial charge in [-0.1, -0.05) is 0 Å². The van der Waals surface area contributed by atoms with Gasteiger partial charge < -0.3 is 25.9 Å². The summed E-state index contributed by atoms with van der Waals surface area (Å²) < 4.78 is 5.15. The molecule has 1 unspecified atom stereocenters. The predicted octanol–water partition coefficient (Wildman–Crippen LogP) is -1.36. The molecule has 0 spiro atoms. The molecule has 3 atom stereocenters. The first-order valence-electron chi connectivity index (χ1n) is 5.97. The topological polar surface area (TPSA) is 130 Å². The molecule has 1 aromatic heterocycles. The number of hydrogen-bond donors (Lipinski definition) is 4. The van der Waals surface area contributed by atoms with Crippen LogP contribution in [0.1, 0.15) is 12.1 Å². The van der Waals surface area contributed by atoms with Gasteiger partial charge in [0, 0.05) is 18.3 Å². The van der Waals surface area contributed by atoms with Crippen LogP contribution in [0.5, 0.6) is 0 Å². The van der Waals surface area contributed by atoms with E-state index in [0.717, 1.165) is 5.69 Å². The maximum atomic E-state index is 11.8. The molecule has 0 aromatic carbocycles. The number of carboxylic acids is 1. The number of nitrogens with zero attached hydrogens (tertiary/aromatic N) is 1. The van der Waals surface area contributed by atoms with Crippen molar-refractivity contribution in [2.24, 2.45) is 5.73 Å². The molecule has 19 heavy (non-hydrogen) atoms. The standard InChI is InChI=1S/C11H16N4O4/c12-7(3-6-4-13-5-15-6)11(18)19-8-1-2-14-9(8)10(16)17/h4-5,7-9,14H,1-3,12H2,(H,13,15)(H,16,17)/t7-,8?,9-/m0/s1. The van der Waals surface area contributed by atoms with Gasteiger partial charge in [-0.2, -0.15) is 0 Å². The van der Waals surface area contributed by atoms with E-state index >= 15 is 0 Å². The van der Waals surface area contributed by atoms with Crippen LogP contribution in [0.25, 0.3) is 0 Å². The Morgan fingerprint density at radius 2 is 2.42 bits per heavy atom. The van der Waals surface area contributed by atoms with Gasteiger partial charge >= 0.3 is 11.9 Å². The molecule has 2 heterocycles. The molecule has 104 valence electrons. The number of ether oxygens (including phenoxy) is 1. The highest BCUT2D eigenvalue weighted by atomic mass is 16.5. The van der Waals surface area contributed by atoms with Crippen molar-refractivity contribution < 1.29 is 19.4 Å². The van der Waals surface area contributed by atoms with Crippen LogP contribution in [-0.4, -0.2) is 51.7 Å². The van der Waals surface area contributed by atoms with Gasteiger partial charge in [-0.3, -0.25) is 9.59 Å². The molecule has 5 N–H and O–H groups in total. The van der Waals surface area contributed by atoms with Gasteiger partial charge in [0.2, 0.25) is 0 Å². The van der Waals surface area contributed by atoms with Crippen molar-refractivity contribution in [3.05, 3.63) is 18.2 Å². The number of carbonyl (C=O) groups is 2. The number of esters is 1. The normalized spacial score (nSPS) is 24.1. The number of rotatable bonds is 5. The molecule has 1 saturated heterocycles. The number of hydrogen-bond acceptors (Lipinski definition) is 6. The summed E-state index contributed by atoms with van der Waals surface area (Å²) in [6, 6.07) is -1.70. The SMILES string of the molecule is N[C@@H](Cc1cnc[nH]1)C(=O)OC1CCN[C@@H]1C(=O)O. The van der Waals surface area contributed by atoms with E-state index in [0.29, 0.717) is 13.0 Å². The summed E-state index contributed by atoms with van der Waals surface area (Å²) in [4.78, 5) is 29.4. The summed E-state index contributed by atoms with van der Waals surface area (Å²) >= 11 is 0. The summed E-state index contributed by atoms with van der Waals surface area (Å²) in [5.74, 6) is -1.63. The molecule has 8 nitrogen and oxygen atoms in total. The van der Waals surface area contributed by atoms with Gasteiger partial charge in [0.25, 0.3) is 0 Å². The summed E-state index contributed by atoms with van der Waals surface area (Å²) in [5, 5.41) is 11.7. The van der Waals surface area contributed by atoms with Crippen LogP contribution in [-0.2, 0) is 20.7 Å².